The zero-order valence-corrected chi connectivity index (χ0v) is 16.3. The molecule has 0 bridgehead atoms. The Labute approximate surface area is 162 Å². The van der Waals surface area contributed by atoms with Crippen molar-refractivity contribution in [3.8, 4) is 0 Å². The summed E-state index contributed by atoms with van der Waals surface area (Å²) in [6, 6.07) is 21.8. The van der Waals surface area contributed by atoms with Crippen molar-refractivity contribution in [1.29, 1.82) is 0 Å². The molecule has 1 heterocycles. The fraction of sp³-hybridized carbons (Fsp3) is 0.231. The molecule has 0 spiro atoms. The summed E-state index contributed by atoms with van der Waals surface area (Å²) in [7, 11) is 0. The quantitative estimate of drug-likeness (QED) is 0.319. The summed E-state index contributed by atoms with van der Waals surface area (Å²) >= 11 is 0. The minimum absolute atomic E-state index is 1.07. The van der Waals surface area contributed by atoms with Crippen molar-refractivity contribution in [1.82, 2.24) is 4.57 Å². The van der Waals surface area contributed by atoms with E-state index >= 15 is 0 Å². The number of unbranched alkanes of at least 4 members (excludes halogenated alkanes) is 2. The maximum absolute atomic E-state index is 4.52. The highest BCUT2D eigenvalue weighted by atomic mass is 15.0. The predicted octanol–water partition coefficient (Wildman–Crippen LogP) is 7.35. The van der Waals surface area contributed by atoms with Crippen LogP contribution in [0.5, 0.6) is 0 Å². The smallest absolute Gasteiger partial charge is 0.0486 e. The number of rotatable bonds is 6. The summed E-state index contributed by atoms with van der Waals surface area (Å²) in [5.41, 5.74) is 6.19. The van der Waals surface area contributed by atoms with Gasteiger partial charge >= 0.3 is 0 Å². The SMILES string of the molecule is C=C(c1cccc2ccccc12)c1cn(CCCCC)c2ccc(C)cc12. The lowest BCUT2D eigenvalue weighted by molar-refractivity contribution is 0.616. The van der Waals surface area contributed by atoms with Gasteiger partial charge in [0.1, 0.15) is 0 Å². The van der Waals surface area contributed by atoms with Gasteiger partial charge in [-0.15, -0.1) is 0 Å². The molecule has 4 aromatic rings. The van der Waals surface area contributed by atoms with E-state index in [1.807, 2.05) is 0 Å². The Balaban J connectivity index is 1.84. The highest BCUT2D eigenvalue weighted by Crippen LogP contribution is 2.34. The first-order chi connectivity index (χ1) is 13.2. The number of aryl methyl sites for hydroxylation is 2. The van der Waals surface area contributed by atoms with E-state index in [4.69, 9.17) is 0 Å². The average molecular weight is 354 g/mol. The van der Waals surface area contributed by atoms with E-state index in [1.54, 1.807) is 0 Å². The monoisotopic (exact) mass is 353 g/mol. The van der Waals surface area contributed by atoms with E-state index in [1.165, 1.54) is 57.6 Å². The molecule has 1 aromatic heterocycles. The number of nitrogens with zero attached hydrogens (tertiary/aromatic N) is 1. The van der Waals surface area contributed by atoms with Crippen LogP contribution in [0.25, 0.3) is 27.2 Å². The molecule has 0 unspecified atom stereocenters. The first-order valence-electron chi connectivity index (χ1n) is 9.96. The van der Waals surface area contributed by atoms with Crippen molar-refractivity contribution in [3.63, 3.8) is 0 Å². The van der Waals surface area contributed by atoms with Crippen LogP contribution in [0.3, 0.4) is 0 Å². The highest BCUT2D eigenvalue weighted by molar-refractivity contribution is 6.03. The Morgan fingerprint density at radius 1 is 0.889 bits per heavy atom. The van der Waals surface area contributed by atoms with Crippen LogP contribution in [-0.4, -0.2) is 4.57 Å². The molecule has 1 heteroatoms. The fourth-order valence-electron chi connectivity index (χ4n) is 4.00. The lowest BCUT2D eigenvalue weighted by Gasteiger charge is -2.09. The fourth-order valence-corrected chi connectivity index (χ4v) is 4.00. The van der Waals surface area contributed by atoms with Gasteiger partial charge in [0.15, 0.2) is 0 Å². The topological polar surface area (TPSA) is 4.93 Å². The van der Waals surface area contributed by atoms with Gasteiger partial charge in [0.2, 0.25) is 0 Å². The second-order valence-electron chi connectivity index (χ2n) is 7.47. The molecular weight excluding hydrogens is 326 g/mol. The summed E-state index contributed by atoms with van der Waals surface area (Å²) < 4.78 is 2.41. The van der Waals surface area contributed by atoms with E-state index in [9.17, 15) is 0 Å². The lowest BCUT2D eigenvalue weighted by Crippen LogP contribution is -1.95. The minimum atomic E-state index is 1.07. The first-order valence-corrected chi connectivity index (χ1v) is 9.96. The number of fused-ring (bicyclic) bond motifs is 2. The number of hydrogen-bond donors (Lipinski definition) is 0. The van der Waals surface area contributed by atoms with E-state index < -0.39 is 0 Å². The van der Waals surface area contributed by atoms with Crippen molar-refractivity contribution in [3.05, 3.63) is 90.1 Å². The maximum atomic E-state index is 4.52. The van der Waals surface area contributed by atoms with Crippen LogP contribution < -0.4 is 0 Å². The van der Waals surface area contributed by atoms with Crippen LogP contribution in [0.15, 0.2) is 73.4 Å². The van der Waals surface area contributed by atoms with Crippen molar-refractivity contribution >= 4 is 27.2 Å². The predicted molar refractivity (Wildman–Crippen MR) is 118 cm³/mol. The summed E-state index contributed by atoms with van der Waals surface area (Å²) in [6.07, 6.45) is 6.04. The summed E-state index contributed by atoms with van der Waals surface area (Å²) in [6.45, 7) is 10.0. The van der Waals surface area contributed by atoms with Gasteiger partial charge in [-0.3, -0.25) is 0 Å². The standard InChI is InChI=1S/C26H27N/c1-4-5-8-16-27-18-25(24-17-19(2)14-15-26(24)27)20(3)22-13-9-11-21-10-6-7-12-23(21)22/h6-7,9-15,17-18H,3-5,8,16H2,1-2H3. The van der Waals surface area contributed by atoms with Crippen LogP contribution in [0.4, 0.5) is 0 Å². The largest absolute Gasteiger partial charge is 0.347 e. The lowest BCUT2D eigenvalue weighted by atomic mass is 9.94. The Hall–Kier alpha value is -2.80. The number of benzene rings is 3. The summed E-state index contributed by atoms with van der Waals surface area (Å²) in [4.78, 5) is 0. The normalized spacial score (nSPS) is 11.3. The van der Waals surface area contributed by atoms with Gasteiger partial charge < -0.3 is 4.57 Å². The third kappa shape index (κ3) is 3.30. The third-order valence-corrected chi connectivity index (χ3v) is 5.48. The molecule has 0 saturated heterocycles. The van der Waals surface area contributed by atoms with E-state index in [2.05, 4.69) is 91.9 Å². The van der Waals surface area contributed by atoms with Crippen LogP contribution in [0, 0.1) is 6.92 Å². The van der Waals surface area contributed by atoms with Crippen LogP contribution >= 0.6 is 0 Å². The van der Waals surface area contributed by atoms with Crippen LogP contribution in [0.2, 0.25) is 0 Å². The van der Waals surface area contributed by atoms with E-state index in [0.717, 1.165) is 12.1 Å². The Kier molecular flexibility index (Phi) is 4.85. The van der Waals surface area contributed by atoms with Gasteiger partial charge in [0, 0.05) is 29.2 Å². The molecule has 0 aliphatic rings. The summed E-state index contributed by atoms with van der Waals surface area (Å²) in [5.74, 6) is 0. The van der Waals surface area contributed by atoms with Crippen LogP contribution in [-0.2, 0) is 6.54 Å². The van der Waals surface area contributed by atoms with E-state index in [0.29, 0.717) is 0 Å². The molecule has 0 aliphatic heterocycles. The number of hydrogen-bond acceptors (Lipinski definition) is 0. The molecule has 0 N–H and O–H groups in total. The van der Waals surface area contributed by atoms with Gasteiger partial charge in [-0.05, 0) is 47.4 Å². The summed E-state index contributed by atoms with van der Waals surface area (Å²) in [5, 5.41) is 3.84. The van der Waals surface area contributed by atoms with Crippen molar-refractivity contribution in [2.45, 2.75) is 39.7 Å². The molecular formula is C26H27N. The zero-order chi connectivity index (χ0) is 18.8. The van der Waals surface area contributed by atoms with Crippen molar-refractivity contribution in [2.24, 2.45) is 0 Å². The molecule has 0 amide bonds. The molecule has 4 rings (SSSR count). The minimum Gasteiger partial charge on any atom is -0.347 e. The molecule has 0 aliphatic carbocycles. The van der Waals surface area contributed by atoms with Gasteiger partial charge in [0.05, 0.1) is 0 Å². The molecule has 1 nitrogen and oxygen atoms in total. The molecule has 3 aromatic carbocycles. The van der Waals surface area contributed by atoms with E-state index in [-0.39, 0.29) is 0 Å². The Morgan fingerprint density at radius 2 is 1.70 bits per heavy atom. The second-order valence-corrected chi connectivity index (χ2v) is 7.47. The Bertz CT molecular complexity index is 1110. The van der Waals surface area contributed by atoms with Gasteiger partial charge in [-0.2, -0.15) is 0 Å². The first kappa shape index (κ1) is 17.6. The van der Waals surface area contributed by atoms with Crippen molar-refractivity contribution in [2.75, 3.05) is 0 Å². The van der Waals surface area contributed by atoms with Gasteiger partial charge in [-0.25, -0.2) is 0 Å². The van der Waals surface area contributed by atoms with Crippen molar-refractivity contribution < 1.29 is 0 Å². The van der Waals surface area contributed by atoms with Gasteiger partial charge in [0.25, 0.3) is 0 Å². The number of aromatic nitrogens is 1. The second kappa shape index (κ2) is 7.44. The molecule has 136 valence electrons. The van der Waals surface area contributed by atoms with Crippen LogP contribution in [0.1, 0.15) is 42.9 Å². The maximum Gasteiger partial charge on any atom is 0.0486 e. The molecule has 0 saturated carbocycles. The zero-order valence-electron chi connectivity index (χ0n) is 16.3. The average Bonchev–Trinajstić information content (AvgIpc) is 3.05. The third-order valence-electron chi connectivity index (χ3n) is 5.48. The van der Waals surface area contributed by atoms with Gasteiger partial charge in [-0.1, -0.05) is 80.4 Å². The molecule has 0 fully saturated rings. The molecule has 27 heavy (non-hydrogen) atoms. The molecule has 0 atom stereocenters. The Morgan fingerprint density at radius 3 is 2.56 bits per heavy atom. The highest BCUT2D eigenvalue weighted by Gasteiger charge is 2.14. The molecule has 0 radical (unpaired) electrons.